The first kappa shape index (κ1) is 18.8. The number of H-pyrrole nitrogens is 1. The van der Waals surface area contributed by atoms with E-state index in [9.17, 15) is 18.4 Å². The molecule has 1 aliphatic heterocycles. The molecule has 0 bridgehead atoms. The summed E-state index contributed by atoms with van der Waals surface area (Å²) in [4.78, 5) is 28.6. The largest absolute Gasteiger partial charge is 0.360 e. The van der Waals surface area contributed by atoms with Crippen LogP contribution in [-0.2, 0) is 4.79 Å². The minimum atomic E-state index is -3.07. The maximum atomic E-state index is 14.1. The molecule has 1 saturated heterocycles. The average molecular weight is 373 g/mol. The van der Waals surface area contributed by atoms with Crippen molar-refractivity contribution in [3.8, 4) is 11.3 Å². The molecule has 0 aliphatic carbocycles. The second kappa shape index (κ2) is 7.34. The van der Waals surface area contributed by atoms with Gasteiger partial charge in [0.1, 0.15) is 6.04 Å². The highest BCUT2D eigenvalue weighted by Gasteiger charge is 2.45. The highest BCUT2D eigenvalue weighted by Crippen LogP contribution is 2.29. The van der Waals surface area contributed by atoms with Crippen LogP contribution in [-0.4, -0.2) is 46.8 Å². The normalized spacial score (nSPS) is 18.8. The molecule has 2 heterocycles. The van der Waals surface area contributed by atoms with Crippen molar-refractivity contribution in [2.24, 2.45) is 0 Å². The van der Waals surface area contributed by atoms with Crippen LogP contribution in [0.4, 0.5) is 8.78 Å². The number of likely N-dealkylation sites (tertiary alicyclic amines) is 1. The molecule has 2 aromatic rings. The maximum Gasteiger partial charge on any atom is 0.271 e. The highest BCUT2D eigenvalue weighted by atomic mass is 19.3. The third-order valence-electron chi connectivity index (χ3n) is 4.71. The Morgan fingerprint density at radius 3 is 2.70 bits per heavy atom. The molecule has 0 saturated carbocycles. The summed E-state index contributed by atoms with van der Waals surface area (Å²) < 4.78 is 28.1. The lowest BCUT2D eigenvalue weighted by Crippen LogP contribution is -2.59. The molecule has 1 atom stereocenters. The van der Waals surface area contributed by atoms with Gasteiger partial charge in [0.2, 0.25) is 5.91 Å². The number of nitrogens with zero attached hydrogens (tertiary/aromatic N) is 1. The van der Waals surface area contributed by atoms with Crippen molar-refractivity contribution in [1.82, 2.24) is 15.2 Å². The number of rotatable bonds is 4. The van der Waals surface area contributed by atoms with Gasteiger partial charge >= 0.3 is 0 Å². The fraction of sp³-hybridized carbons (Fsp3) is 0.300. The van der Waals surface area contributed by atoms with E-state index in [2.05, 4.69) is 16.9 Å². The molecule has 0 radical (unpaired) electrons. The van der Waals surface area contributed by atoms with E-state index in [-0.39, 0.29) is 19.0 Å². The lowest BCUT2D eigenvalue weighted by atomic mass is 10.00. The summed E-state index contributed by atoms with van der Waals surface area (Å²) >= 11 is 0. The zero-order valence-corrected chi connectivity index (χ0v) is 15.0. The van der Waals surface area contributed by atoms with Gasteiger partial charge in [-0.3, -0.25) is 9.59 Å². The van der Waals surface area contributed by atoms with Crippen molar-refractivity contribution in [2.75, 3.05) is 13.1 Å². The predicted molar refractivity (Wildman–Crippen MR) is 98.6 cm³/mol. The van der Waals surface area contributed by atoms with Crippen LogP contribution in [0.3, 0.4) is 0 Å². The van der Waals surface area contributed by atoms with Crippen LogP contribution in [0.1, 0.15) is 22.3 Å². The molecule has 1 fully saturated rings. The Bertz CT molecular complexity index is 858. The number of alkyl halides is 2. The quantitative estimate of drug-likeness (QED) is 0.809. The smallest absolute Gasteiger partial charge is 0.271 e. The fourth-order valence-corrected chi connectivity index (χ4v) is 3.07. The molecule has 1 aliphatic rings. The summed E-state index contributed by atoms with van der Waals surface area (Å²) in [6.07, 6.45) is 2.01. The number of piperidine rings is 1. The number of aromatic nitrogens is 1. The number of amides is 2. The summed E-state index contributed by atoms with van der Waals surface area (Å²) in [5, 5.41) is 2.22. The topological polar surface area (TPSA) is 65.2 Å². The summed E-state index contributed by atoms with van der Waals surface area (Å²) in [5.41, 5.74) is 3.23. The first-order valence-electron chi connectivity index (χ1n) is 8.65. The van der Waals surface area contributed by atoms with Crippen LogP contribution >= 0.6 is 0 Å². The molecule has 0 spiro atoms. The number of halogens is 2. The minimum absolute atomic E-state index is 0.0721. The summed E-state index contributed by atoms with van der Waals surface area (Å²) in [5.74, 6) is -4.10. The Labute approximate surface area is 156 Å². The number of aromatic amines is 1. The monoisotopic (exact) mass is 373 g/mol. The third-order valence-corrected chi connectivity index (χ3v) is 4.71. The first-order valence-corrected chi connectivity index (χ1v) is 8.65. The Morgan fingerprint density at radius 2 is 2.04 bits per heavy atom. The fourth-order valence-electron chi connectivity index (χ4n) is 3.07. The van der Waals surface area contributed by atoms with Crippen molar-refractivity contribution >= 4 is 11.8 Å². The van der Waals surface area contributed by atoms with Crippen LogP contribution in [0, 0.1) is 6.92 Å². The molecule has 2 amide bonds. The molecule has 7 heteroatoms. The Morgan fingerprint density at radius 1 is 1.33 bits per heavy atom. The van der Waals surface area contributed by atoms with Gasteiger partial charge in [-0.2, -0.15) is 0 Å². The average Bonchev–Trinajstić information content (AvgIpc) is 3.13. The number of carbonyl (C=O) groups is 2. The second-order valence-electron chi connectivity index (χ2n) is 6.70. The molecule has 5 nitrogen and oxygen atoms in total. The summed E-state index contributed by atoms with van der Waals surface area (Å²) in [7, 11) is 0. The van der Waals surface area contributed by atoms with Crippen LogP contribution in [0.25, 0.3) is 11.3 Å². The third kappa shape index (κ3) is 4.07. The predicted octanol–water partition coefficient (Wildman–Crippen LogP) is 3.14. The molecular formula is C20H21F2N3O2. The van der Waals surface area contributed by atoms with Gasteiger partial charge in [0.05, 0.1) is 5.56 Å². The lowest BCUT2D eigenvalue weighted by molar-refractivity contribution is -0.124. The minimum Gasteiger partial charge on any atom is -0.360 e. The van der Waals surface area contributed by atoms with E-state index < -0.39 is 24.3 Å². The van der Waals surface area contributed by atoms with E-state index in [0.717, 1.165) is 22.9 Å². The van der Waals surface area contributed by atoms with E-state index in [1.165, 1.54) is 4.90 Å². The molecule has 1 aromatic carbocycles. The van der Waals surface area contributed by atoms with Crippen LogP contribution in [0.15, 0.2) is 49.2 Å². The van der Waals surface area contributed by atoms with Crippen molar-refractivity contribution in [1.29, 1.82) is 0 Å². The number of carbonyl (C=O) groups excluding carboxylic acids is 2. The molecule has 27 heavy (non-hydrogen) atoms. The van der Waals surface area contributed by atoms with Crippen LogP contribution in [0.2, 0.25) is 0 Å². The maximum absolute atomic E-state index is 14.1. The van der Waals surface area contributed by atoms with Gasteiger partial charge in [-0.15, -0.1) is 0 Å². The van der Waals surface area contributed by atoms with E-state index in [0.29, 0.717) is 5.56 Å². The van der Waals surface area contributed by atoms with E-state index >= 15 is 0 Å². The van der Waals surface area contributed by atoms with Gasteiger partial charge in [0, 0.05) is 31.4 Å². The van der Waals surface area contributed by atoms with Crippen molar-refractivity contribution in [2.45, 2.75) is 25.3 Å². The van der Waals surface area contributed by atoms with Gasteiger partial charge in [-0.05, 0) is 24.6 Å². The number of nitrogens with one attached hydrogen (secondary N) is 2. The summed E-state index contributed by atoms with van der Waals surface area (Å²) in [6, 6.07) is 8.09. The van der Waals surface area contributed by atoms with E-state index in [1.807, 2.05) is 31.2 Å². The first-order chi connectivity index (χ1) is 12.8. The zero-order valence-electron chi connectivity index (χ0n) is 15.0. The molecule has 1 aromatic heterocycles. The SMILES string of the molecule is C=CC(=O)NC1CN(C(=O)c2c[nH]c(-c3ccc(C)cc3)c2)CCC1(F)F. The number of aryl methyl sites for hydroxylation is 1. The lowest BCUT2D eigenvalue weighted by Gasteiger charge is -2.38. The van der Waals surface area contributed by atoms with Gasteiger partial charge in [0.25, 0.3) is 11.8 Å². The molecular weight excluding hydrogens is 352 g/mol. The van der Waals surface area contributed by atoms with Crippen molar-refractivity contribution in [3.05, 3.63) is 60.3 Å². The van der Waals surface area contributed by atoms with Crippen molar-refractivity contribution < 1.29 is 18.4 Å². The van der Waals surface area contributed by atoms with Gasteiger partial charge in [-0.1, -0.05) is 36.4 Å². The molecule has 1 unspecified atom stereocenters. The van der Waals surface area contributed by atoms with E-state index in [4.69, 9.17) is 0 Å². The van der Waals surface area contributed by atoms with Crippen molar-refractivity contribution in [3.63, 3.8) is 0 Å². The van der Waals surface area contributed by atoms with Gasteiger partial charge < -0.3 is 15.2 Å². The van der Waals surface area contributed by atoms with Gasteiger partial charge in [-0.25, -0.2) is 8.78 Å². The zero-order chi connectivity index (χ0) is 19.6. The molecule has 2 N–H and O–H groups in total. The number of benzene rings is 1. The number of hydrogen-bond donors (Lipinski definition) is 2. The van der Waals surface area contributed by atoms with Crippen LogP contribution < -0.4 is 5.32 Å². The standard InChI is InChI=1S/C20H21F2N3O2/c1-3-18(26)24-17-12-25(9-8-20(17,21)22)19(27)15-10-16(23-11-15)14-6-4-13(2)5-7-14/h3-7,10-11,17,23H,1,8-9,12H2,2H3,(H,24,26). The Balaban J connectivity index is 1.75. The molecule has 142 valence electrons. The second-order valence-corrected chi connectivity index (χ2v) is 6.70. The van der Waals surface area contributed by atoms with E-state index in [1.54, 1.807) is 12.3 Å². The van der Waals surface area contributed by atoms with Crippen LogP contribution in [0.5, 0.6) is 0 Å². The summed E-state index contributed by atoms with van der Waals surface area (Å²) in [6.45, 7) is 4.93. The number of hydrogen-bond acceptors (Lipinski definition) is 2. The highest BCUT2D eigenvalue weighted by molar-refractivity contribution is 5.95. The Kier molecular flexibility index (Phi) is 5.12. The molecule has 3 rings (SSSR count). The van der Waals surface area contributed by atoms with Gasteiger partial charge in [0.15, 0.2) is 0 Å². The Hall–Kier alpha value is -2.96.